The molecular weight excluding hydrogens is 274 g/mol. The van der Waals surface area contributed by atoms with Gasteiger partial charge in [0.05, 0.1) is 11.2 Å². The van der Waals surface area contributed by atoms with Gasteiger partial charge in [0.25, 0.3) is 0 Å². The zero-order valence-corrected chi connectivity index (χ0v) is 12.8. The normalized spacial score (nSPS) is 14.1. The molecule has 1 heterocycles. The molecule has 20 heavy (non-hydrogen) atoms. The van der Waals surface area contributed by atoms with Crippen LogP contribution in [0, 0.1) is 6.92 Å². The quantitative estimate of drug-likeness (QED) is 0.921. The van der Waals surface area contributed by atoms with Gasteiger partial charge in [0, 0.05) is 24.8 Å². The molecule has 5 heteroatoms. The average molecular weight is 294 g/mol. The fourth-order valence-electron chi connectivity index (χ4n) is 2.04. The van der Waals surface area contributed by atoms with E-state index < -0.39 is 0 Å². The Morgan fingerprint density at radius 1 is 1.45 bits per heavy atom. The number of nitrogens with zero attached hydrogens (tertiary/aromatic N) is 2. The number of hydrogen-bond donors (Lipinski definition) is 1. The van der Waals surface area contributed by atoms with Crippen molar-refractivity contribution in [3.8, 4) is 5.75 Å². The number of hydrogen-bond acceptors (Lipinski definition) is 3. The van der Waals surface area contributed by atoms with E-state index in [-0.39, 0.29) is 12.1 Å². The maximum absolute atomic E-state index is 6.19. The third kappa shape index (κ3) is 3.32. The highest BCUT2D eigenvalue weighted by molar-refractivity contribution is 6.32. The second-order valence-corrected chi connectivity index (χ2v) is 5.40. The summed E-state index contributed by atoms with van der Waals surface area (Å²) in [4.78, 5) is 0. The van der Waals surface area contributed by atoms with Crippen LogP contribution < -0.4 is 10.5 Å². The van der Waals surface area contributed by atoms with E-state index in [2.05, 4.69) is 5.10 Å². The number of ether oxygens (including phenoxy) is 1. The minimum absolute atomic E-state index is 0.115. The second kappa shape index (κ2) is 6.29. The predicted molar refractivity (Wildman–Crippen MR) is 81.0 cm³/mol. The Morgan fingerprint density at radius 2 is 2.20 bits per heavy atom. The van der Waals surface area contributed by atoms with Crippen molar-refractivity contribution in [3.05, 3.63) is 46.7 Å². The molecule has 0 fully saturated rings. The van der Waals surface area contributed by atoms with Crippen molar-refractivity contribution in [2.45, 2.75) is 32.4 Å². The monoisotopic (exact) mass is 293 g/mol. The molecule has 2 aromatic rings. The number of rotatable bonds is 5. The van der Waals surface area contributed by atoms with Crippen molar-refractivity contribution in [3.63, 3.8) is 0 Å². The molecule has 2 rings (SSSR count). The van der Waals surface area contributed by atoms with Crippen molar-refractivity contribution in [2.75, 3.05) is 0 Å². The molecule has 1 aromatic carbocycles. The molecule has 0 radical (unpaired) electrons. The summed E-state index contributed by atoms with van der Waals surface area (Å²) in [6.07, 6.45) is 4.25. The summed E-state index contributed by atoms with van der Waals surface area (Å²) in [5.41, 5.74) is 8.24. The molecule has 0 saturated carbocycles. The summed E-state index contributed by atoms with van der Waals surface area (Å²) in [5.74, 6) is 0.657. The van der Waals surface area contributed by atoms with Crippen LogP contribution in [0.2, 0.25) is 5.02 Å². The second-order valence-electron chi connectivity index (χ2n) is 4.99. The van der Waals surface area contributed by atoms with E-state index >= 15 is 0 Å². The largest absolute Gasteiger partial charge is 0.482 e. The fourth-order valence-corrected chi connectivity index (χ4v) is 2.20. The smallest absolute Gasteiger partial charge is 0.142 e. The molecule has 2 N–H and O–H groups in total. The van der Waals surface area contributed by atoms with Crippen LogP contribution in [-0.4, -0.2) is 15.8 Å². The fraction of sp³-hybridized carbons (Fsp3) is 0.400. The Morgan fingerprint density at radius 3 is 2.80 bits per heavy atom. The zero-order chi connectivity index (χ0) is 14.7. The SMILES string of the molecule is CCC(N)C(Oc1cc(C)ccc1Cl)c1cnn(C)c1. The summed E-state index contributed by atoms with van der Waals surface area (Å²) in [5, 5.41) is 4.77. The molecule has 0 aliphatic carbocycles. The van der Waals surface area contributed by atoms with Gasteiger partial charge in [0.15, 0.2) is 0 Å². The van der Waals surface area contributed by atoms with E-state index in [0.717, 1.165) is 17.5 Å². The maximum Gasteiger partial charge on any atom is 0.142 e. The molecule has 2 unspecified atom stereocenters. The molecule has 4 nitrogen and oxygen atoms in total. The summed E-state index contributed by atoms with van der Waals surface area (Å²) >= 11 is 6.19. The molecule has 0 aliphatic rings. The van der Waals surface area contributed by atoms with Crippen molar-refractivity contribution in [2.24, 2.45) is 12.8 Å². The molecule has 0 spiro atoms. The first-order valence-electron chi connectivity index (χ1n) is 6.68. The summed E-state index contributed by atoms with van der Waals surface area (Å²) in [6.45, 7) is 4.04. The molecule has 1 aromatic heterocycles. The molecular formula is C15H20ClN3O. The topological polar surface area (TPSA) is 53.1 Å². The molecule has 2 atom stereocenters. The number of aryl methyl sites for hydroxylation is 2. The van der Waals surface area contributed by atoms with Gasteiger partial charge < -0.3 is 10.5 Å². The van der Waals surface area contributed by atoms with E-state index in [0.29, 0.717) is 10.8 Å². The zero-order valence-electron chi connectivity index (χ0n) is 12.0. The first-order valence-corrected chi connectivity index (χ1v) is 7.06. The molecule has 0 aliphatic heterocycles. The van der Waals surface area contributed by atoms with Crippen LogP contribution >= 0.6 is 11.6 Å². The van der Waals surface area contributed by atoms with Crippen molar-refractivity contribution >= 4 is 11.6 Å². The number of nitrogens with two attached hydrogens (primary N) is 1. The Kier molecular flexibility index (Phi) is 4.68. The summed E-state index contributed by atoms with van der Waals surface area (Å²) < 4.78 is 7.81. The standard InChI is InChI=1S/C15H20ClN3O/c1-4-13(17)15(11-8-18-19(3)9-11)20-14-7-10(2)5-6-12(14)16/h5-9,13,15H,4,17H2,1-3H3. The summed E-state index contributed by atoms with van der Waals surface area (Å²) in [6, 6.07) is 5.60. The van der Waals surface area contributed by atoms with Gasteiger partial charge in [0.1, 0.15) is 11.9 Å². The molecule has 0 saturated heterocycles. The lowest BCUT2D eigenvalue weighted by atomic mass is 10.0. The Bertz CT molecular complexity index is 582. The number of halogens is 1. The molecule has 0 bridgehead atoms. The predicted octanol–water partition coefficient (Wildman–Crippen LogP) is 3.24. The van der Waals surface area contributed by atoms with Crippen molar-refractivity contribution < 1.29 is 4.74 Å². The Balaban J connectivity index is 2.30. The van der Waals surface area contributed by atoms with Gasteiger partial charge >= 0.3 is 0 Å². The van der Waals surface area contributed by atoms with Crippen LogP contribution in [0.1, 0.15) is 30.6 Å². The minimum atomic E-state index is -0.256. The highest BCUT2D eigenvalue weighted by Gasteiger charge is 2.23. The van der Waals surface area contributed by atoms with Gasteiger partial charge in [-0.25, -0.2) is 0 Å². The van der Waals surface area contributed by atoms with Gasteiger partial charge in [0.2, 0.25) is 0 Å². The van der Waals surface area contributed by atoms with Crippen molar-refractivity contribution in [1.29, 1.82) is 0 Å². The van der Waals surface area contributed by atoms with Crippen LogP contribution in [-0.2, 0) is 7.05 Å². The van der Waals surface area contributed by atoms with Gasteiger partial charge in [-0.1, -0.05) is 24.6 Å². The lowest BCUT2D eigenvalue weighted by molar-refractivity contribution is 0.171. The van der Waals surface area contributed by atoms with Crippen LogP contribution in [0.5, 0.6) is 5.75 Å². The number of benzene rings is 1. The van der Waals surface area contributed by atoms with Gasteiger partial charge in [-0.3, -0.25) is 4.68 Å². The average Bonchev–Trinajstić information content (AvgIpc) is 2.85. The molecule has 108 valence electrons. The first kappa shape index (κ1) is 14.9. The van der Waals surface area contributed by atoms with E-state index in [4.69, 9.17) is 22.1 Å². The highest BCUT2D eigenvalue weighted by atomic mass is 35.5. The maximum atomic E-state index is 6.19. The van der Waals surface area contributed by atoms with Crippen molar-refractivity contribution in [1.82, 2.24) is 9.78 Å². The van der Waals surface area contributed by atoms with Gasteiger partial charge in [-0.05, 0) is 31.0 Å². The lowest BCUT2D eigenvalue weighted by Gasteiger charge is -2.24. The van der Waals surface area contributed by atoms with Crippen LogP contribution in [0.3, 0.4) is 0 Å². The van der Waals surface area contributed by atoms with Gasteiger partial charge in [-0.2, -0.15) is 5.10 Å². The summed E-state index contributed by atoms with van der Waals surface area (Å²) in [7, 11) is 1.87. The minimum Gasteiger partial charge on any atom is -0.482 e. The van der Waals surface area contributed by atoms with Crippen LogP contribution in [0.15, 0.2) is 30.6 Å². The Hall–Kier alpha value is -1.52. The first-order chi connectivity index (χ1) is 9.51. The third-order valence-electron chi connectivity index (χ3n) is 3.25. The molecule has 0 amide bonds. The van der Waals surface area contributed by atoms with Crippen LogP contribution in [0.4, 0.5) is 0 Å². The van der Waals surface area contributed by atoms with Gasteiger partial charge in [-0.15, -0.1) is 0 Å². The van der Waals surface area contributed by atoms with E-state index in [1.54, 1.807) is 10.9 Å². The third-order valence-corrected chi connectivity index (χ3v) is 3.57. The van der Waals surface area contributed by atoms with E-state index in [1.165, 1.54) is 0 Å². The highest BCUT2D eigenvalue weighted by Crippen LogP contribution is 2.31. The lowest BCUT2D eigenvalue weighted by Crippen LogP contribution is -2.31. The Labute approximate surface area is 124 Å². The van der Waals surface area contributed by atoms with E-state index in [1.807, 2.05) is 45.3 Å². The van der Waals surface area contributed by atoms with Crippen LogP contribution in [0.25, 0.3) is 0 Å². The van der Waals surface area contributed by atoms with E-state index in [9.17, 15) is 0 Å². The number of aromatic nitrogens is 2.